The molecule has 9 nitrogen and oxygen atoms in total. The molecule has 0 saturated carbocycles. The van der Waals surface area contributed by atoms with Gasteiger partial charge in [0, 0.05) is 25.8 Å². The lowest BCUT2D eigenvalue weighted by molar-refractivity contribution is -0.144. The van der Waals surface area contributed by atoms with Crippen molar-refractivity contribution in [3.8, 4) is 0 Å². The largest absolute Gasteiger partial charge is 0.481 e. The van der Waals surface area contributed by atoms with Crippen LogP contribution in [0, 0.1) is 5.92 Å². The SMILES string of the molecule is CC(=O)OC(C)/C=C\C(=O)NC1CC(C)C(C/C=C(C)/C=C/C2CC3(CO3)CC(CC(=O)O)O2)OC1C. The Morgan fingerprint density at radius 1 is 1.16 bits per heavy atom. The van der Waals surface area contributed by atoms with Crippen molar-refractivity contribution in [2.75, 3.05) is 6.61 Å². The Morgan fingerprint density at radius 3 is 2.54 bits per heavy atom. The average Bonchev–Trinajstić information content (AvgIpc) is 3.54. The molecule has 3 heterocycles. The Balaban J connectivity index is 1.46. The van der Waals surface area contributed by atoms with Crippen LogP contribution in [0.1, 0.15) is 66.7 Å². The number of amides is 1. The number of carboxylic acid groups (broad SMARTS) is 1. The Kier molecular flexibility index (Phi) is 10.1. The van der Waals surface area contributed by atoms with E-state index in [1.54, 1.807) is 13.0 Å². The summed E-state index contributed by atoms with van der Waals surface area (Å²) in [5.74, 6) is -1.23. The van der Waals surface area contributed by atoms with Crippen molar-refractivity contribution in [3.05, 3.63) is 36.0 Å². The van der Waals surface area contributed by atoms with Crippen molar-refractivity contribution >= 4 is 17.8 Å². The Hall–Kier alpha value is -2.49. The number of allylic oxidation sites excluding steroid dienone is 2. The van der Waals surface area contributed by atoms with E-state index in [1.165, 1.54) is 13.0 Å². The third-order valence-corrected chi connectivity index (χ3v) is 7.16. The zero-order chi connectivity index (χ0) is 27.2. The van der Waals surface area contributed by atoms with Crippen LogP contribution in [0.25, 0.3) is 0 Å². The van der Waals surface area contributed by atoms with Crippen LogP contribution in [0.2, 0.25) is 0 Å². The summed E-state index contributed by atoms with van der Waals surface area (Å²) in [5.41, 5.74) is 0.870. The summed E-state index contributed by atoms with van der Waals surface area (Å²) in [6.07, 6.45) is 11.0. The van der Waals surface area contributed by atoms with E-state index >= 15 is 0 Å². The average molecular weight is 520 g/mol. The first kappa shape index (κ1) is 29.1. The van der Waals surface area contributed by atoms with Gasteiger partial charge in [0.2, 0.25) is 5.91 Å². The molecule has 206 valence electrons. The Labute approximate surface area is 219 Å². The van der Waals surface area contributed by atoms with Crippen LogP contribution in [0.15, 0.2) is 36.0 Å². The number of hydrogen-bond donors (Lipinski definition) is 2. The highest BCUT2D eigenvalue weighted by Gasteiger charge is 2.51. The van der Waals surface area contributed by atoms with E-state index in [2.05, 4.69) is 18.3 Å². The molecule has 1 amide bonds. The fraction of sp³-hybridized carbons (Fsp3) is 0.679. The van der Waals surface area contributed by atoms with Gasteiger partial charge < -0.3 is 29.4 Å². The van der Waals surface area contributed by atoms with Gasteiger partial charge in [0.25, 0.3) is 0 Å². The van der Waals surface area contributed by atoms with Crippen LogP contribution in [0.3, 0.4) is 0 Å². The summed E-state index contributed by atoms with van der Waals surface area (Å²) in [6.45, 7) is 9.83. The van der Waals surface area contributed by atoms with Crippen LogP contribution in [-0.2, 0) is 33.3 Å². The van der Waals surface area contributed by atoms with Crippen molar-refractivity contribution in [3.63, 3.8) is 0 Å². The summed E-state index contributed by atoms with van der Waals surface area (Å²) < 4.78 is 22.8. The first-order valence-electron chi connectivity index (χ1n) is 13.1. The minimum atomic E-state index is -0.857. The van der Waals surface area contributed by atoms with Crippen molar-refractivity contribution < 1.29 is 38.4 Å². The van der Waals surface area contributed by atoms with Gasteiger partial charge in [0.05, 0.1) is 49.1 Å². The van der Waals surface area contributed by atoms with Gasteiger partial charge in [-0.1, -0.05) is 30.7 Å². The normalized spacial score (nSPS) is 35.0. The molecule has 3 saturated heterocycles. The van der Waals surface area contributed by atoms with Crippen molar-refractivity contribution in [1.29, 1.82) is 0 Å². The highest BCUT2D eigenvalue weighted by molar-refractivity contribution is 5.87. The lowest BCUT2D eigenvalue weighted by Gasteiger charge is -2.39. The summed E-state index contributed by atoms with van der Waals surface area (Å²) in [7, 11) is 0. The van der Waals surface area contributed by atoms with E-state index in [4.69, 9.17) is 24.1 Å². The second-order valence-electron chi connectivity index (χ2n) is 10.7. The van der Waals surface area contributed by atoms with Gasteiger partial charge in [0.1, 0.15) is 6.10 Å². The standard InChI is InChI=1S/C28H41NO8/c1-17(6-9-22-14-28(16-34-28)15-23(37-22)13-27(32)33)7-10-25-18(2)12-24(20(4)36-25)29-26(31)11-8-19(3)35-21(5)30/h6-9,11,18-20,22-25H,10,12-16H2,1-5H3,(H,29,31)(H,32,33)/b9-6+,11-8-,17-7+. The molecule has 0 radical (unpaired) electrons. The van der Waals surface area contributed by atoms with Crippen molar-refractivity contribution in [1.82, 2.24) is 5.32 Å². The number of carbonyl (C=O) groups is 3. The number of epoxide rings is 1. The number of carboxylic acids is 1. The second kappa shape index (κ2) is 12.8. The van der Waals surface area contributed by atoms with Gasteiger partial charge in [-0.25, -0.2) is 0 Å². The molecule has 1 spiro atoms. The van der Waals surface area contributed by atoms with Crippen LogP contribution < -0.4 is 5.32 Å². The van der Waals surface area contributed by atoms with E-state index in [0.717, 1.165) is 24.8 Å². The number of esters is 1. The van der Waals surface area contributed by atoms with E-state index in [1.807, 2.05) is 26.0 Å². The summed E-state index contributed by atoms with van der Waals surface area (Å²) in [5, 5.41) is 12.1. The molecular weight excluding hydrogens is 478 g/mol. The number of carbonyl (C=O) groups excluding carboxylic acids is 2. The van der Waals surface area contributed by atoms with Gasteiger partial charge >= 0.3 is 11.9 Å². The maximum Gasteiger partial charge on any atom is 0.305 e. The zero-order valence-electron chi connectivity index (χ0n) is 22.5. The maximum absolute atomic E-state index is 12.3. The molecule has 3 aliphatic heterocycles. The molecular formula is C28H41NO8. The fourth-order valence-electron chi connectivity index (χ4n) is 5.07. The Morgan fingerprint density at radius 2 is 1.89 bits per heavy atom. The van der Waals surface area contributed by atoms with E-state index in [-0.39, 0.29) is 60.3 Å². The third-order valence-electron chi connectivity index (χ3n) is 7.16. The zero-order valence-corrected chi connectivity index (χ0v) is 22.5. The van der Waals surface area contributed by atoms with Crippen LogP contribution in [0.5, 0.6) is 0 Å². The molecule has 9 heteroatoms. The van der Waals surface area contributed by atoms with Crippen molar-refractivity contribution in [2.45, 2.75) is 109 Å². The summed E-state index contributed by atoms with van der Waals surface area (Å²) >= 11 is 0. The number of ether oxygens (including phenoxy) is 4. The number of hydrogen-bond acceptors (Lipinski definition) is 7. The van der Waals surface area contributed by atoms with E-state index in [0.29, 0.717) is 13.0 Å². The molecule has 3 fully saturated rings. The maximum atomic E-state index is 12.3. The molecule has 0 aromatic heterocycles. The van der Waals surface area contributed by atoms with Gasteiger partial charge in [-0.3, -0.25) is 14.4 Å². The lowest BCUT2D eigenvalue weighted by Crippen LogP contribution is -2.50. The number of rotatable bonds is 10. The molecule has 0 aliphatic carbocycles. The first-order chi connectivity index (χ1) is 17.4. The van der Waals surface area contributed by atoms with Gasteiger partial charge in [0.15, 0.2) is 0 Å². The molecule has 0 bridgehead atoms. The molecule has 8 unspecified atom stereocenters. The smallest absolute Gasteiger partial charge is 0.305 e. The number of nitrogens with one attached hydrogen (secondary N) is 1. The molecule has 37 heavy (non-hydrogen) atoms. The minimum Gasteiger partial charge on any atom is -0.481 e. The van der Waals surface area contributed by atoms with Gasteiger partial charge in [-0.05, 0) is 45.6 Å². The Bertz CT molecular complexity index is 921. The van der Waals surface area contributed by atoms with Crippen LogP contribution in [0.4, 0.5) is 0 Å². The highest BCUT2D eigenvalue weighted by Crippen LogP contribution is 2.43. The van der Waals surface area contributed by atoms with E-state index < -0.39 is 12.1 Å². The second-order valence-corrected chi connectivity index (χ2v) is 10.7. The molecule has 2 N–H and O–H groups in total. The predicted molar refractivity (Wildman–Crippen MR) is 137 cm³/mol. The molecule has 3 rings (SSSR count). The summed E-state index contributed by atoms with van der Waals surface area (Å²) in [4.78, 5) is 34.4. The molecule has 3 aliphatic rings. The van der Waals surface area contributed by atoms with Crippen molar-refractivity contribution in [2.24, 2.45) is 5.92 Å². The number of aliphatic carboxylic acids is 1. The summed E-state index contributed by atoms with van der Waals surface area (Å²) in [6, 6.07) is -0.100. The van der Waals surface area contributed by atoms with Gasteiger partial charge in [-0.2, -0.15) is 0 Å². The topological polar surface area (TPSA) is 124 Å². The third kappa shape index (κ3) is 9.39. The monoisotopic (exact) mass is 519 g/mol. The predicted octanol–water partition coefficient (Wildman–Crippen LogP) is 3.48. The fourth-order valence-corrected chi connectivity index (χ4v) is 5.07. The highest BCUT2D eigenvalue weighted by atomic mass is 16.6. The van der Waals surface area contributed by atoms with E-state index in [9.17, 15) is 14.4 Å². The van der Waals surface area contributed by atoms with Gasteiger partial charge in [-0.15, -0.1) is 0 Å². The lowest BCUT2D eigenvalue weighted by atomic mass is 9.88. The first-order valence-corrected chi connectivity index (χ1v) is 13.1. The van der Waals surface area contributed by atoms with Crippen LogP contribution in [-0.4, -0.2) is 71.7 Å². The van der Waals surface area contributed by atoms with Crippen LogP contribution >= 0.6 is 0 Å². The molecule has 0 aromatic rings. The molecule has 8 atom stereocenters. The quantitative estimate of drug-likeness (QED) is 0.195. The molecule has 0 aromatic carbocycles. The minimum absolute atomic E-state index is 0.00942.